The Balaban J connectivity index is 2.64. The molecule has 0 aliphatic rings. The van der Waals surface area contributed by atoms with Gasteiger partial charge < -0.3 is 4.90 Å². The molecule has 6 nitrogen and oxygen atoms in total. The van der Waals surface area contributed by atoms with E-state index in [2.05, 4.69) is 23.7 Å². The third-order valence-corrected chi connectivity index (χ3v) is 3.94. The van der Waals surface area contributed by atoms with Gasteiger partial charge in [-0.15, -0.1) is 5.10 Å². The predicted molar refractivity (Wildman–Crippen MR) is 85.5 cm³/mol. The third-order valence-electron chi connectivity index (χ3n) is 2.98. The van der Waals surface area contributed by atoms with Crippen LogP contribution in [0.1, 0.15) is 33.6 Å². The fourth-order valence-corrected chi connectivity index (χ4v) is 2.72. The van der Waals surface area contributed by atoms with Gasteiger partial charge in [-0.1, -0.05) is 37.3 Å². The molecule has 1 N–H and O–H groups in total. The fraction of sp³-hybridized carbons (Fsp3) is 0.643. The van der Waals surface area contributed by atoms with Crippen LogP contribution in [0.25, 0.3) is 0 Å². The molecule has 0 spiro atoms. The number of nitrogens with one attached hydrogen (secondary N) is 1. The predicted octanol–water partition coefficient (Wildman–Crippen LogP) is 1.89. The number of unbranched alkanes of at least 4 members (excludes halogenated alkanes) is 1. The summed E-state index contributed by atoms with van der Waals surface area (Å²) in [5, 5.41) is 7.01. The molecule has 0 aromatic carbocycles. The quantitative estimate of drug-likeness (QED) is 0.558. The van der Waals surface area contributed by atoms with Crippen LogP contribution in [0.3, 0.4) is 0 Å². The van der Waals surface area contributed by atoms with Crippen LogP contribution in [0.15, 0.2) is 22.1 Å². The standard InChI is InChI=1S/C14H24N4O2S/c1-5-7-8-18-13(20)15-16-14(18)21-10-12(19)17(6-2)9-11(3)4/h3,5-10H2,1-2,4H3,(H,15,20). The highest BCUT2D eigenvalue weighted by molar-refractivity contribution is 7.99. The average molecular weight is 312 g/mol. The van der Waals surface area contributed by atoms with Crippen LogP contribution in [-0.4, -0.2) is 44.4 Å². The van der Waals surface area contributed by atoms with Gasteiger partial charge in [-0.2, -0.15) is 0 Å². The second-order valence-electron chi connectivity index (χ2n) is 4.97. The normalized spacial score (nSPS) is 10.6. The second kappa shape index (κ2) is 8.71. The molecular weight excluding hydrogens is 288 g/mol. The number of H-pyrrole nitrogens is 1. The van der Waals surface area contributed by atoms with Gasteiger partial charge in [0.25, 0.3) is 0 Å². The van der Waals surface area contributed by atoms with Gasteiger partial charge in [0.2, 0.25) is 5.91 Å². The van der Waals surface area contributed by atoms with E-state index in [-0.39, 0.29) is 17.3 Å². The molecule has 1 amide bonds. The molecule has 118 valence electrons. The number of aromatic nitrogens is 3. The van der Waals surface area contributed by atoms with Crippen LogP contribution in [-0.2, 0) is 11.3 Å². The first-order chi connectivity index (χ1) is 9.99. The first-order valence-corrected chi connectivity index (χ1v) is 8.18. The lowest BCUT2D eigenvalue weighted by Crippen LogP contribution is -2.33. The van der Waals surface area contributed by atoms with Crippen LogP contribution in [0, 0.1) is 0 Å². The number of hydrogen-bond donors (Lipinski definition) is 1. The highest BCUT2D eigenvalue weighted by Crippen LogP contribution is 2.15. The first kappa shape index (κ1) is 17.6. The maximum atomic E-state index is 12.2. The first-order valence-electron chi connectivity index (χ1n) is 7.19. The van der Waals surface area contributed by atoms with Gasteiger partial charge in [0.1, 0.15) is 0 Å². The number of amides is 1. The van der Waals surface area contributed by atoms with Gasteiger partial charge in [-0.3, -0.25) is 9.36 Å². The Morgan fingerprint density at radius 3 is 2.76 bits per heavy atom. The zero-order valence-electron chi connectivity index (χ0n) is 13.0. The summed E-state index contributed by atoms with van der Waals surface area (Å²) in [6.45, 7) is 11.6. The van der Waals surface area contributed by atoms with Crippen molar-refractivity contribution in [3.8, 4) is 0 Å². The number of likely N-dealkylation sites (N-methyl/N-ethyl adjacent to an activating group) is 1. The van der Waals surface area contributed by atoms with E-state index in [9.17, 15) is 9.59 Å². The Hall–Kier alpha value is -1.50. The molecular formula is C14H24N4O2S. The number of carbonyl (C=O) groups excluding carboxylic acids is 1. The summed E-state index contributed by atoms with van der Waals surface area (Å²) in [5.74, 6) is 0.306. The molecule has 0 unspecified atom stereocenters. The molecule has 1 aromatic heterocycles. The Morgan fingerprint density at radius 2 is 2.19 bits per heavy atom. The molecule has 0 atom stereocenters. The van der Waals surface area contributed by atoms with Crippen molar-refractivity contribution in [1.82, 2.24) is 19.7 Å². The van der Waals surface area contributed by atoms with Crippen molar-refractivity contribution < 1.29 is 4.79 Å². The van der Waals surface area contributed by atoms with E-state index in [4.69, 9.17) is 0 Å². The Morgan fingerprint density at radius 1 is 1.48 bits per heavy atom. The zero-order chi connectivity index (χ0) is 15.8. The van der Waals surface area contributed by atoms with Crippen LogP contribution in [0.5, 0.6) is 0 Å². The van der Waals surface area contributed by atoms with Crippen LogP contribution in [0.4, 0.5) is 0 Å². The molecule has 1 heterocycles. The van der Waals surface area contributed by atoms with Gasteiger partial charge in [0.15, 0.2) is 5.16 Å². The van der Waals surface area contributed by atoms with Crippen LogP contribution >= 0.6 is 11.8 Å². The van der Waals surface area contributed by atoms with Crippen molar-refractivity contribution in [2.24, 2.45) is 0 Å². The molecule has 0 aliphatic carbocycles. The largest absolute Gasteiger partial charge is 0.343 e. The maximum Gasteiger partial charge on any atom is 0.343 e. The lowest BCUT2D eigenvalue weighted by molar-refractivity contribution is -0.127. The van der Waals surface area contributed by atoms with E-state index in [0.717, 1.165) is 18.4 Å². The molecule has 7 heteroatoms. The van der Waals surface area contributed by atoms with Crippen LogP contribution in [0.2, 0.25) is 0 Å². The molecule has 0 bridgehead atoms. The lowest BCUT2D eigenvalue weighted by atomic mass is 10.3. The summed E-state index contributed by atoms with van der Waals surface area (Å²) >= 11 is 1.30. The summed E-state index contributed by atoms with van der Waals surface area (Å²) in [4.78, 5) is 25.6. The minimum atomic E-state index is -0.215. The Kier molecular flexibility index (Phi) is 7.28. The minimum Gasteiger partial charge on any atom is -0.338 e. The lowest BCUT2D eigenvalue weighted by Gasteiger charge is -2.20. The van der Waals surface area contributed by atoms with E-state index >= 15 is 0 Å². The Labute approximate surface area is 129 Å². The number of carbonyl (C=O) groups is 1. The molecule has 0 fully saturated rings. The summed E-state index contributed by atoms with van der Waals surface area (Å²) in [5.41, 5.74) is 0.738. The van der Waals surface area contributed by atoms with E-state index < -0.39 is 0 Å². The molecule has 0 radical (unpaired) electrons. The smallest absolute Gasteiger partial charge is 0.338 e. The topological polar surface area (TPSA) is 71.0 Å². The van der Waals surface area contributed by atoms with E-state index in [0.29, 0.717) is 24.8 Å². The molecule has 1 rings (SSSR count). The van der Waals surface area contributed by atoms with Gasteiger partial charge in [-0.05, 0) is 20.3 Å². The van der Waals surface area contributed by atoms with E-state index in [1.807, 2.05) is 13.8 Å². The number of thioether (sulfide) groups is 1. The molecule has 21 heavy (non-hydrogen) atoms. The monoisotopic (exact) mass is 312 g/mol. The van der Waals surface area contributed by atoms with E-state index in [1.54, 1.807) is 9.47 Å². The molecule has 0 saturated carbocycles. The SMILES string of the molecule is C=C(C)CN(CC)C(=O)CSc1n[nH]c(=O)n1CCCC. The molecule has 0 saturated heterocycles. The Bertz CT molecular complexity index is 535. The third kappa shape index (κ3) is 5.41. The highest BCUT2D eigenvalue weighted by atomic mass is 32.2. The fourth-order valence-electron chi connectivity index (χ4n) is 1.85. The van der Waals surface area contributed by atoms with Crippen molar-refractivity contribution in [2.45, 2.75) is 45.3 Å². The van der Waals surface area contributed by atoms with Crippen molar-refractivity contribution in [2.75, 3.05) is 18.8 Å². The molecule has 0 aliphatic heterocycles. The van der Waals surface area contributed by atoms with Crippen molar-refractivity contribution in [3.63, 3.8) is 0 Å². The van der Waals surface area contributed by atoms with E-state index in [1.165, 1.54) is 11.8 Å². The van der Waals surface area contributed by atoms with Crippen molar-refractivity contribution in [3.05, 3.63) is 22.6 Å². The van der Waals surface area contributed by atoms with Gasteiger partial charge in [0.05, 0.1) is 5.75 Å². The van der Waals surface area contributed by atoms with Gasteiger partial charge >= 0.3 is 5.69 Å². The number of aromatic amines is 1. The maximum absolute atomic E-state index is 12.2. The van der Waals surface area contributed by atoms with Crippen molar-refractivity contribution in [1.29, 1.82) is 0 Å². The highest BCUT2D eigenvalue weighted by Gasteiger charge is 2.15. The van der Waals surface area contributed by atoms with Crippen molar-refractivity contribution >= 4 is 17.7 Å². The summed E-state index contributed by atoms with van der Waals surface area (Å²) in [6, 6.07) is 0. The minimum absolute atomic E-state index is 0.0305. The number of hydrogen-bond acceptors (Lipinski definition) is 4. The second-order valence-corrected chi connectivity index (χ2v) is 5.91. The number of nitrogens with zero attached hydrogens (tertiary/aromatic N) is 3. The van der Waals surface area contributed by atoms with Gasteiger partial charge in [0, 0.05) is 19.6 Å². The summed E-state index contributed by atoms with van der Waals surface area (Å²) in [6.07, 6.45) is 1.92. The average Bonchev–Trinajstić information content (AvgIpc) is 2.80. The molecule has 1 aromatic rings. The summed E-state index contributed by atoms with van der Waals surface area (Å²) < 4.78 is 1.59. The number of rotatable bonds is 9. The zero-order valence-corrected chi connectivity index (χ0v) is 13.8. The van der Waals surface area contributed by atoms with Crippen LogP contribution < -0.4 is 5.69 Å². The summed E-state index contributed by atoms with van der Waals surface area (Å²) in [7, 11) is 0. The van der Waals surface area contributed by atoms with Gasteiger partial charge in [-0.25, -0.2) is 9.89 Å².